The molecule has 2 atom stereocenters. The van der Waals surface area contributed by atoms with Crippen molar-refractivity contribution in [2.45, 2.75) is 18.2 Å². The van der Waals surface area contributed by atoms with E-state index >= 15 is 0 Å². The normalized spacial score (nSPS) is 23.8. The summed E-state index contributed by atoms with van der Waals surface area (Å²) in [6.45, 7) is -4.91. The zero-order valence-corrected chi connectivity index (χ0v) is 11.7. The molecule has 0 N–H and O–H groups in total. The summed E-state index contributed by atoms with van der Waals surface area (Å²) < 4.78 is 62.4. The molecule has 0 radical (unpaired) electrons. The van der Waals surface area contributed by atoms with Gasteiger partial charge in [-0.2, -0.15) is 0 Å². The molecule has 1 unspecified atom stereocenters. The summed E-state index contributed by atoms with van der Waals surface area (Å²) in [5, 5.41) is 0. The van der Waals surface area contributed by atoms with Crippen molar-refractivity contribution < 1.29 is 73.1 Å². The minimum atomic E-state index is -4.91. The third-order valence-corrected chi connectivity index (χ3v) is 2.69. The van der Waals surface area contributed by atoms with Gasteiger partial charge in [-0.15, -0.1) is 0 Å². The second-order valence-electron chi connectivity index (χ2n) is 3.80. The number of hydrogen-bond donors (Lipinski definition) is 0. The van der Waals surface area contributed by atoms with E-state index in [0.717, 1.165) is 12.1 Å². The molecule has 1 aliphatic carbocycles. The molecule has 0 aliphatic heterocycles. The van der Waals surface area contributed by atoms with Crippen LogP contribution in [0.2, 0.25) is 5.82 Å². The van der Waals surface area contributed by atoms with E-state index in [9.17, 15) is 21.7 Å². The molecule has 1 saturated carbocycles. The van der Waals surface area contributed by atoms with E-state index in [1.807, 2.05) is 0 Å². The quantitative estimate of drug-likeness (QED) is 0.541. The topological polar surface area (TPSA) is 0 Å². The molecule has 82 valence electrons. The van der Waals surface area contributed by atoms with E-state index in [0.29, 0.717) is 6.07 Å². The Morgan fingerprint density at radius 3 is 2.19 bits per heavy atom. The Morgan fingerprint density at radius 1 is 1.12 bits per heavy atom. The third-order valence-electron chi connectivity index (χ3n) is 2.69. The first-order chi connectivity index (χ1) is 6.89. The summed E-state index contributed by atoms with van der Waals surface area (Å²) in [6.07, 6.45) is -0.0773. The molecule has 0 bridgehead atoms. The molecule has 0 amide bonds. The van der Waals surface area contributed by atoms with Gasteiger partial charge < -0.3 is 12.9 Å². The van der Waals surface area contributed by atoms with Crippen LogP contribution in [-0.4, -0.2) is 6.98 Å². The van der Waals surface area contributed by atoms with Crippen molar-refractivity contribution in [2.24, 2.45) is 0 Å². The molecule has 7 heteroatoms. The van der Waals surface area contributed by atoms with Gasteiger partial charge >= 0.3 is 58.4 Å². The van der Waals surface area contributed by atoms with E-state index in [1.54, 1.807) is 0 Å². The zero-order chi connectivity index (χ0) is 11.2. The molecule has 1 aliphatic rings. The molecule has 0 nitrogen and oxygen atoms in total. The van der Waals surface area contributed by atoms with Gasteiger partial charge in [-0.1, -0.05) is 18.3 Å². The Kier molecular flexibility index (Phi) is 4.62. The fourth-order valence-electron chi connectivity index (χ4n) is 1.79. The summed E-state index contributed by atoms with van der Waals surface area (Å²) in [4.78, 5) is 0. The van der Waals surface area contributed by atoms with Crippen molar-refractivity contribution in [1.82, 2.24) is 0 Å². The molecule has 0 heterocycles. The van der Waals surface area contributed by atoms with Gasteiger partial charge in [0.25, 0.3) is 0 Å². The first-order valence-electron chi connectivity index (χ1n) is 4.54. The summed E-state index contributed by atoms with van der Waals surface area (Å²) in [5.41, 5.74) is -0.0272. The molecule has 2 rings (SSSR count). The van der Waals surface area contributed by atoms with E-state index in [4.69, 9.17) is 0 Å². The van der Waals surface area contributed by atoms with Crippen molar-refractivity contribution in [3.05, 3.63) is 35.4 Å². The van der Waals surface area contributed by atoms with Crippen LogP contribution in [0.4, 0.5) is 21.7 Å². The van der Waals surface area contributed by atoms with Crippen LogP contribution in [0, 0.1) is 11.6 Å². The molecule has 1 fully saturated rings. The summed E-state index contributed by atoms with van der Waals surface area (Å²) in [5.74, 6) is -3.89. The van der Waals surface area contributed by atoms with Crippen LogP contribution in [0.15, 0.2) is 18.2 Å². The van der Waals surface area contributed by atoms with Crippen LogP contribution < -0.4 is 51.4 Å². The van der Waals surface area contributed by atoms with Crippen LogP contribution in [0.5, 0.6) is 0 Å². The Labute approximate surface area is 132 Å². The monoisotopic (exact) mass is 260 g/mol. The van der Waals surface area contributed by atoms with Crippen LogP contribution in [0.25, 0.3) is 0 Å². The minimum Gasteiger partial charge on any atom is -0.449 e. The molecular formula is C9H7BF5K. The molecule has 0 saturated heterocycles. The molecule has 1 aromatic carbocycles. The van der Waals surface area contributed by atoms with Gasteiger partial charge in [-0.25, -0.2) is 8.78 Å². The smallest absolute Gasteiger partial charge is 0.449 e. The predicted octanol–water partition coefficient (Wildman–Crippen LogP) is 0.674. The van der Waals surface area contributed by atoms with Crippen LogP contribution in [0.3, 0.4) is 0 Å². The van der Waals surface area contributed by atoms with E-state index in [-0.39, 0.29) is 63.4 Å². The first kappa shape index (κ1) is 14.6. The maximum atomic E-state index is 13.1. The summed E-state index contributed by atoms with van der Waals surface area (Å²) in [6, 6.07) is 2.70. The Bertz CT molecular complexity index is 392. The van der Waals surface area contributed by atoms with Crippen LogP contribution in [0.1, 0.15) is 17.9 Å². The van der Waals surface area contributed by atoms with Crippen molar-refractivity contribution in [3.8, 4) is 0 Å². The van der Waals surface area contributed by atoms with E-state index in [2.05, 4.69) is 0 Å². The standard InChI is InChI=1S/C9H7BF5.K/c11-5-1-2-6(9(12)3-5)7-4-8(7)10(13,14)15;/h1-3,7-8H,4H2;/q-1;+1/t7-,8?;/m1./s1. The van der Waals surface area contributed by atoms with Gasteiger partial charge in [0.15, 0.2) is 0 Å². The Hall–Kier alpha value is 0.571. The van der Waals surface area contributed by atoms with Gasteiger partial charge in [0.1, 0.15) is 11.6 Å². The number of rotatable bonds is 2. The number of hydrogen-bond acceptors (Lipinski definition) is 0. The molecule has 16 heavy (non-hydrogen) atoms. The first-order valence-corrected chi connectivity index (χ1v) is 4.54. The van der Waals surface area contributed by atoms with Crippen molar-refractivity contribution >= 4 is 6.98 Å². The second kappa shape index (κ2) is 5.06. The fourth-order valence-corrected chi connectivity index (χ4v) is 1.79. The molecule has 1 aromatic rings. The SMILES string of the molecule is Fc1ccc([C@H]2CC2[B-](F)(F)F)c(F)c1.[K+]. The maximum absolute atomic E-state index is 13.1. The molecular weight excluding hydrogens is 253 g/mol. The average Bonchev–Trinajstić information content (AvgIpc) is 2.82. The van der Waals surface area contributed by atoms with E-state index in [1.165, 1.54) is 0 Å². The van der Waals surface area contributed by atoms with Gasteiger partial charge in [-0.05, 0) is 17.5 Å². The minimum absolute atomic E-state index is 0. The van der Waals surface area contributed by atoms with Gasteiger partial charge in [0.05, 0.1) is 0 Å². The summed E-state index contributed by atoms with van der Waals surface area (Å²) >= 11 is 0. The largest absolute Gasteiger partial charge is 1.00 e. The Morgan fingerprint density at radius 2 is 1.75 bits per heavy atom. The summed E-state index contributed by atoms with van der Waals surface area (Å²) in [7, 11) is 0. The average molecular weight is 260 g/mol. The van der Waals surface area contributed by atoms with Crippen molar-refractivity contribution in [3.63, 3.8) is 0 Å². The third kappa shape index (κ3) is 3.07. The van der Waals surface area contributed by atoms with Crippen molar-refractivity contribution in [1.29, 1.82) is 0 Å². The second-order valence-corrected chi connectivity index (χ2v) is 3.80. The van der Waals surface area contributed by atoms with Crippen LogP contribution in [-0.2, 0) is 0 Å². The fraction of sp³-hybridized carbons (Fsp3) is 0.333. The zero-order valence-electron chi connectivity index (χ0n) is 8.56. The van der Waals surface area contributed by atoms with Gasteiger partial charge in [0, 0.05) is 6.07 Å². The van der Waals surface area contributed by atoms with Crippen molar-refractivity contribution in [2.75, 3.05) is 0 Å². The van der Waals surface area contributed by atoms with Crippen LogP contribution >= 0.6 is 0 Å². The van der Waals surface area contributed by atoms with E-state index < -0.39 is 30.3 Å². The van der Waals surface area contributed by atoms with Gasteiger partial charge in [0.2, 0.25) is 0 Å². The molecule has 0 aromatic heterocycles. The number of benzene rings is 1. The maximum Gasteiger partial charge on any atom is 1.00 e. The number of halogens is 5. The van der Waals surface area contributed by atoms with Gasteiger partial charge in [-0.3, -0.25) is 0 Å². The molecule has 0 spiro atoms. The Balaban J connectivity index is 0.00000128. The predicted molar refractivity (Wildman–Crippen MR) is 46.5 cm³/mol.